The van der Waals surface area contributed by atoms with E-state index in [1.807, 2.05) is 4.57 Å². The van der Waals surface area contributed by atoms with Gasteiger partial charge in [-0.05, 0) is 49.4 Å². The topological polar surface area (TPSA) is 98.6 Å². The smallest absolute Gasteiger partial charge is 0.465 e. The number of imidazole rings is 1. The van der Waals surface area contributed by atoms with E-state index in [9.17, 15) is 18.4 Å². The molecule has 4 aromatic rings. The summed E-state index contributed by atoms with van der Waals surface area (Å²) in [4.78, 5) is 36.8. The SMILES string of the molecule is C[C@@H]1CCOc2nc3cc(C(=O)Nc4ccc(OC(F)(F)Cl)cc4)cc(-c4cnc5c(c4)C(=O)N(C)C5)c3n21. The highest BCUT2D eigenvalue weighted by molar-refractivity contribution is 6.20. The number of benzene rings is 2. The maximum absolute atomic E-state index is 13.3. The van der Waals surface area contributed by atoms with Gasteiger partial charge >= 0.3 is 5.57 Å². The van der Waals surface area contributed by atoms with Crippen molar-refractivity contribution >= 4 is 40.1 Å². The van der Waals surface area contributed by atoms with Crippen LogP contribution in [0.1, 0.15) is 45.8 Å². The zero-order valence-corrected chi connectivity index (χ0v) is 21.6. The molecular weight excluding hydrogens is 532 g/mol. The number of carbonyl (C=O) groups is 2. The molecule has 2 aliphatic rings. The maximum Gasteiger partial charge on any atom is 0.487 e. The van der Waals surface area contributed by atoms with Crippen LogP contribution in [0.4, 0.5) is 14.5 Å². The van der Waals surface area contributed by atoms with Gasteiger partial charge in [0.25, 0.3) is 17.8 Å². The molecule has 1 N–H and O–H groups in total. The van der Waals surface area contributed by atoms with Crippen LogP contribution in [-0.4, -0.2) is 50.5 Å². The Morgan fingerprint density at radius 1 is 1.21 bits per heavy atom. The van der Waals surface area contributed by atoms with Gasteiger partial charge in [-0.2, -0.15) is 4.98 Å². The lowest BCUT2D eigenvalue weighted by Gasteiger charge is -2.23. The molecule has 2 amide bonds. The first-order valence-electron chi connectivity index (χ1n) is 12.2. The van der Waals surface area contributed by atoms with Crippen LogP contribution in [-0.2, 0) is 6.54 Å². The number of nitrogens with one attached hydrogen (secondary N) is 1. The Morgan fingerprint density at radius 2 is 1.97 bits per heavy atom. The Balaban J connectivity index is 1.41. The van der Waals surface area contributed by atoms with Crippen molar-refractivity contribution in [1.29, 1.82) is 0 Å². The maximum atomic E-state index is 13.3. The largest absolute Gasteiger partial charge is 0.487 e. The van der Waals surface area contributed by atoms with Gasteiger partial charge < -0.3 is 19.7 Å². The zero-order valence-electron chi connectivity index (χ0n) is 20.9. The van der Waals surface area contributed by atoms with Crippen molar-refractivity contribution in [2.45, 2.75) is 31.5 Å². The van der Waals surface area contributed by atoms with Gasteiger partial charge in [-0.15, -0.1) is 8.78 Å². The third kappa shape index (κ3) is 4.63. The van der Waals surface area contributed by atoms with E-state index in [1.54, 1.807) is 36.3 Å². The Labute approximate surface area is 226 Å². The van der Waals surface area contributed by atoms with Crippen molar-refractivity contribution in [3.63, 3.8) is 0 Å². The second kappa shape index (κ2) is 9.19. The number of nitrogens with zero attached hydrogens (tertiary/aromatic N) is 4. The van der Waals surface area contributed by atoms with E-state index in [0.717, 1.165) is 11.9 Å². The van der Waals surface area contributed by atoms with Crippen molar-refractivity contribution in [3.8, 4) is 22.9 Å². The number of anilines is 1. The summed E-state index contributed by atoms with van der Waals surface area (Å²) >= 11 is 4.81. The number of carbonyl (C=O) groups excluding carboxylic acids is 2. The molecule has 0 bridgehead atoms. The van der Waals surface area contributed by atoms with Crippen LogP contribution >= 0.6 is 11.6 Å². The summed E-state index contributed by atoms with van der Waals surface area (Å²) in [6, 6.07) is 11.1. The Kier molecular flexibility index (Phi) is 5.91. The highest BCUT2D eigenvalue weighted by Crippen LogP contribution is 2.39. The Bertz CT molecular complexity index is 1630. The number of alkyl halides is 3. The van der Waals surface area contributed by atoms with E-state index in [4.69, 9.17) is 16.3 Å². The van der Waals surface area contributed by atoms with Crippen LogP contribution in [0.2, 0.25) is 0 Å². The van der Waals surface area contributed by atoms with Crippen LogP contribution in [0.15, 0.2) is 48.7 Å². The molecule has 2 aliphatic heterocycles. The van der Waals surface area contributed by atoms with Crippen molar-refractivity contribution in [3.05, 3.63) is 65.5 Å². The van der Waals surface area contributed by atoms with Gasteiger partial charge in [0, 0.05) is 59.7 Å². The third-order valence-corrected chi connectivity index (χ3v) is 6.89. The van der Waals surface area contributed by atoms with Crippen molar-refractivity contribution in [1.82, 2.24) is 19.4 Å². The molecule has 6 rings (SSSR count). The van der Waals surface area contributed by atoms with Crippen LogP contribution in [0.25, 0.3) is 22.2 Å². The molecule has 0 fully saturated rings. The van der Waals surface area contributed by atoms with Crippen molar-refractivity contribution < 1.29 is 27.8 Å². The number of ether oxygens (including phenoxy) is 2. The number of hydrogen-bond donors (Lipinski definition) is 1. The fourth-order valence-corrected chi connectivity index (χ4v) is 5.01. The van der Waals surface area contributed by atoms with Gasteiger partial charge in [0.1, 0.15) is 5.75 Å². The van der Waals surface area contributed by atoms with Crippen LogP contribution in [0, 0.1) is 0 Å². The highest BCUT2D eigenvalue weighted by atomic mass is 35.5. The predicted molar refractivity (Wildman–Crippen MR) is 139 cm³/mol. The lowest BCUT2D eigenvalue weighted by molar-refractivity contribution is -0.0964. The van der Waals surface area contributed by atoms with E-state index in [2.05, 4.69) is 26.9 Å². The van der Waals surface area contributed by atoms with Gasteiger partial charge in [0.15, 0.2) is 0 Å². The van der Waals surface area contributed by atoms with E-state index >= 15 is 0 Å². The summed E-state index contributed by atoms with van der Waals surface area (Å²) in [7, 11) is 1.72. The lowest BCUT2D eigenvalue weighted by Crippen LogP contribution is -2.18. The highest BCUT2D eigenvalue weighted by Gasteiger charge is 2.29. The second-order valence-corrected chi connectivity index (χ2v) is 9.99. The summed E-state index contributed by atoms with van der Waals surface area (Å²) in [5, 5.41) is 2.76. The van der Waals surface area contributed by atoms with Crippen molar-refractivity contribution in [2.75, 3.05) is 19.0 Å². The number of amides is 2. The summed E-state index contributed by atoms with van der Waals surface area (Å²) in [5.41, 5.74) is 0.719. The summed E-state index contributed by atoms with van der Waals surface area (Å²) in [5.74, 6) is -0.714. The van der Waals surface area contributed by atoms with Crippen molar-refractivity contribution in [2.24, 2.45) is 0 Å². The average Bonchev–Trinajstić information content (AvgIpc) is 3.41. The zero-order chi connectivity index (χ0) is 27.5. The van der Waals surface area contributed by atoms with Crippen LogP contribution in [0.3, 0.4) is 0 Å². The quantitative estimate of drug-likeness (QED) is 0.330. The summed E-state index contributed by atoms with van der Waals surface area (Å²) in [6.45, 7) is 3.04. The number of halogens is 3. The molecule has 2 aromatic heterocycles. The first kappa shape index (κ1) is 25.1. The van der Waals surface area contributed by atoms with Gasteiger partial charge in [0.05, 0.1) is 35.4 Å². The summed E-state index contributed by atoms with van der Waals surface area (Å²) in [6.07, 6.45) is 2.49. The van der Waals surface area contributed by atoms with E-state index < -0.39 is 11.5 Å². The predicted octanol–water partition coefficient (Wildman–Crippen LogP) is 5.45. The molecule has 39 heavy (non-hydrogen) atoms. The molecule has 12 heteroatoms. The molecule has 2 aromatic carbocycles. The molecule has 200 valence electrons. The van der Waals surface area contributed by atoms with Gasteiger partial charge in [0.2, 0.25) is 0 Å². The van der Waals surface area contributed by atoms with Gasteiger partial charge in [-0.25, -0.2) is 0 Å². The number of fused-ring (bicyclic) bond motifs is 4. The minimum atomic E-state index is -3.84. The average molecular weight is 554 g/mol. The molecule has 9 nitrogen and oxygen atoms in total. The van der Waals surface area contributed by atoms with Gasteiger partial charge in [-0.3, -0.25) is 19.1 Å². The number of hydrogen-bond acceptors (Lipinski definition) is 6. The molecule has 0 aliphatic carbocycles. The molecular formula is C27H22ClF2N5O4. The first-order valence-corrected chi connectivity index (χ1v) is 12.6. The first-order chi connectivity index (χ1) is 18.6. The fourth-order valence-electron chi connectivity index (χ4n) is 4.92. The van der Waals surface area contributed by atoms with E-state index in [-0.39, 0.29) is 17.7 Å². The fraction of sp³-hybridized carbons (Fsp3) is 0.259. The Hall–Kier alpha value is -4.25. The van der Waals surface area contributed by atoms with Crippen LogP contribution in [0.5, 0.6) is 11.8 Å². The molecule has 0 saturated heterocycles. The molecule has 0 radical (unpaired) electrons. The minimum absolute atomic E-state index is 0.105. The van der Waals surface area contributed by atoms with Crippen LogP contribution < -0.4 is 14.8 Å². The molecule has 0 unspecified atom stereocenters. The minimum Gasteiger partial charge on any atom is -0.465 e. The van der Waals surface area contributed by atoms with E-state index in [0.29, 0.717) is 58.3 Å². The van der Waals surface area contributed by atoms with Gasteiger partial charge in [-0.1, -0.05) is 0 Å². The molecule has 1 atom stereocenters. The lowest BCUT2D eigenvalue weighted by atomic mass is 9.99. The molecule has 0 spiro atoms. The summed E-state index contributed by atoms with van der Waals surface area (Å²) < 4.78 is 37.9. The monoisotopic (exact) mass is 553 g/mol. The third-order valence-electron chi connectivity index (χ3n) is 6.81. The molecule has 0 saturated carbocycles. The number of pyridine rings is 1. The standard InChI is InChI=1S/C27H22ClF2N5O4/c1-14-7-8-38-26-33-21-11-15(24(36)32-17-3-5-18(6-4-17)39-27(28,29)30)9-19(23(21)35(14)26)16-10-20-22(31-12-16)13-34(2)25(20)37/h3-6,9-12,14H,7-8,13H2,1-2H3,(H,32,36)/t14-/m1/s1. The number of rotatable bonds is 5. The normalized spacial score (nSPS) is 16.6. The second-order valence-electron chi connectivity index (χ2n) is 9.55. The number of aromatic nitrogens is 3. The molecule has 4 heterocycles. The van der Waals surface area contributed by atoms with E-state index in [1.165, 1.54) is 24.3 Å². The Morgan fingerprint density at radius 3 is 2.72 bits per heavy atom.